The fourth-order valence-corrected chi connectivity index (χ4v) is 3.98. The van der Waals surface area contributed by atoms with Crippen LogP contribution in [0.3, 0.4) is 0 Å². The predicted molar refractivity (Wildman–Crippen MR) is 136 cm³/mol. The summed E-state index contributed by atoms with van der Waals surface area (Å²) in [5.74, 6) is 1.29. The molecule has 0 aliphatic carbocycles. The first-order chi connectivity index (χ1) is 16.5. The number of thioether (sulfide) groups is 1. The second-order valence-electron chi connectivity index (χ2n) is 7.02. The second kappa shape index (κ2) is 12.6. The lowest BCUT2D eigenvalue weighted by molar-refractivity contribution is -0.113. The average Bonchev–Trinajstić information content (AvgIpc) is 2.86. The molecular formula is C26H28N2O5S. The number of carbonyl (C=O) groups is 2. The van der Waals surface area contributed by atoms with Crippen molar-refractivity contribution in [2.24, 2.45) is 0 Å². The average molecular weight is 481 g/mol. The Bertz CT molecular complexity index is 1120. The Morgan fingerprint density at radius 1 is 0.794 bits per heavy atom. The van der Waals surface area contributed by atoms with Crippen LogP contribution in [0.5, 0.6) is 17.2 Å². The normalized spacial score (nSPS) is 10.3. The third-order valence-electron chi connectivity index (χ3n) is 4.67. The molecule has 0 saturated carbocycles. The number of hydrogen-bond donors (Lipinski definition) is 2. The minimum atomic E-state index is -0.269. The molecule has 2 amide bonds. The molecule has 8 heteroatoms. The number of anilines is 2. The molecule has 0 saturated heterocycles. The van der Waals surface area contributed by atoms with Crippen LogP contribution in [0, 0.1) is 0 Å². The van der Waals surface area contributed by atoms with Crippen LogP contribution in [0.15, 0.2) is 71.6 Å². The number of rotatable bonds is 11. The van der Waals surface area contributed by atoms with E-state index < -0.39 is 0 Å². The van der Waals surface area contributed by atoms with Crippen LogP contribution in [0.1, 0.15) is 24.2 Å². The van der Waals surface area contributed by atoms with Crippen molar-refractivity contribution >= 4 is 35.0 Å². The van der Waals surface area contributed by atoms with Crippen LogP contribution < -0.4 is 24.8 Å². The Hall–Kier alpha value is -3.65. The van der Waals surface area contributed by atoms with Crippen molar-refractivity contribution < 1.29 is 23.8 Å². The molecule has 0 heterocycles. The molecule has 0 bridgehead atoms. The highest BCUT2D eigenvalue weighted by molar-refractivity contribution is 8.00. The molecule has 0 unspecified atom stereocenters. The molecule has 7 nitrogen and oxygen atoms in total. The van der Waals surface area contributed by atoms with E-state index in [2.05, 4.69) is 10.6 Å². The molecule has 0 atom stereocenters. The van der Waals surface area contributed by atoms with Gasteiger partial charge in [-0.3, -0.25) is 9.59 Å². The Kier molecular flexibility index (Phi) is 9.22. The lowest BCUT2D eigenvalue weighted by atomic mass is 10.2. The molecule has 3 rings (SSSR count). The second-order valence-corrected chi connectivity index (χ2v) is 8.04. The van der Waals surface area contributed by atoms with Gasteiger partial charge in [0.25, 0.3) is 5.91 Å². The summed E-state index contributed by atoms with van der Waals surface area (Å²) < 4.78 is 16.8. The van der Waals surface area contributed by atoms with E-state index in [0.717, 1.165) is 4.90 Å². The minimum absolute atomic E-state index is 0.183. The van der Waals surface area contributed by atoms with Gasteiger partial charge in [-0.25, -0.2) is 0 Å². The van der Waals surface area contributed by atoms with E-state index in [1.807, 2.05) is 44.2 Å². The van der Waals surface area contributed by atoms with Crippen molar-refractivity contribution in [1.82, 2.24) is 0 Å². The molecule has 0 aromatic heterocycles. The van der Waals surface area contributed by atoms with E-state index in [9.17, 15) is 9.59 Å². The minimum Gasteiger partial charge on any atom is -0.496 e. The third-order valence-corrected chi connectivity index (χ3v) is 5.72. The molecule has 3 aromatic carbocycles. The third kappa shape index (κ3) is 6.68. The number of ether oxygens (including phenoxy) is 3. The Morgan fingerprint density at radius 3 is 2.00 bits per heavy atom. The van der Waals surface area contributed by atoms with Gasteiger partial charge in [0.15, 0.2) is 0 Å². The van der Waals surface area contributed by atoms with Crippen LogP contribution in [0.2, 0.25) is 0 Å². The number of para-hydroxylation sites is 1. The summed E-state index contributed by atoms with van der Waals surface area (Å²) in [7, 11) is 1.60. The molecule has 0 fully saturated rings. The smallest absolute Gasteiger partial charge is 0.255 e. The fourth-order valence-electron chi connectivity index (χ4n) is 3.16. The Morgan fingerprint density at radius 2 is 1.38 bits per heavy atom. The highest BCUT2D eigenvalue weighted by atomic mass is 32.2. The number of benzene rings is 3. The van der Waals surface area contributed by atoms with E-state index in [1.165, 1.54) is 11.8 Å². The van der Waals surface area contributed by atoms with E-state index in [-0.39, 0.29) is 17.6 Å². The molecule has 0 radical (unpaired) electrons. The van der Waals surface area contributed by atoms with Crippen molar-refractivity contribution in [3.63, 3.8) is 0 Å². The van der Waals surface area contributed by atoms with Crippen LogP contribution in [0.25, 0.3) is 0 Å². The zero-order chi connectivity index (χ0) is 24.3. The summed E-state index contributed by atoms with van der Waals surface area (Å²) in [6, 6.07) is 19.8. The molecule has 2 N–H and O–H groups in total. The molecule has 178 valence electrons. The van der Waals surface area contributed by atoms with Gasteiger partial charge in [0.05, 0.1) is 37.5 Å². The summed E-state index contributed by atoms with van der Waals surface area (Å²) in [5, 5.41) is 5.77. The van der Waals surface area contributed by atoms with Crippen molar-refractivity contribution in [2.75, 3.05) is 36.7 Å². The summed E-state index contributed by atoms with van der Waals surface area (Å²) in [4.78, 5) is 26.3. The van der Waals surface area contributed by atoms with Crippen LogP contribution >= 0.6 is 11.8 Å². The zero-order valence-corrected chi connectivity index (χ0v) is 20.2. The molecule has 0 spiro atoms. The van der Waals surface area contributed by atoms with Crippen molar-refractivity contribution in [1.29, 1.82) is 0 Å². The SMILES string of the molecule is CCOc1cc(NC(=O)c2ccccc2)c(OCC)cc1NC(=O)CSc1ccccc1OC. The number of carbonyl (C=O) groups excluding carboxylic acids is 2. The number of amides is 2. The molecule has 0 aliphatic rings. The van der Waals surface area contributed by atoms with E-state index in [0.29, 0.717) is 47.4 Å². The molecule has 0 aliphatic heterocycles. The molecule has 3 aromatic rings. The highest BCUT2D eigenvalue weighted by Gasteiger charge is 2.17. The van der Waals surface area contributed by atoms with E-state index in [1.54, 1.807) is 43.5 Å². The first-order valence-electron chi connectivity index (χ1n) is 10.9. The van der Waals surface area contributed by atoms with Gasteiger partial charge in [0.2, 0.25) is 5.91 Å². The van der Waals surface area contributed by atoms with Gasteiger partial charge in [0.1, 0.15) is 17.2 Å². The first-order valence-corrected chi connectivity index (χ1v) is 11.9. The topological polar surface area (TPSA) is 85.9 Å². The zero-order valence-electron chi connectivity index (χ0n) is 19.4. The summed E-state index contributed by atoms with van der Waals surface area (Å²) in [6.45, 7) is 4.47. The van der Waals surface area contributed by atoms with E-state index >= 15 is 0 Å². The first kappa shape index (κ1) is 25.0. The van der Waals surface area contributed by atoms with Gasteiger partial charge in [-0.05, 0) is 38.1 Å². The maximum absolute atomic E-state index is 12.7. The standard InChI is InChI=1S/C26H28N2O5S/c1-4-32-22-16-20(28-26(30)18-11-7-6-8-12-18)23(33-5-2)15-19(22)27-25(29)17-34-24-14-10-9-13-21(24)31-3/h6-16H,4-5,17H2,1-3H3,(H,27,29)(H,28,30). The Labute approximate surface area is 203 Å². The lowest BCUT2D eigenvalue weighted by Crippen LogP contribution is -2.17. The van der Waals surface area contributed by atoms with Gasteiger partial charge < -0.3 is 24.8 Å². The molecular weight excluding hydrogens is 452 g/mol. The summed E-state index contributed by atoms with van der Waals surface area (Å²) in [6.07, 6.45) is 0. The highest BCUT2D eigenvalue weighted by Crippen LogP contribution is 2.37. The number of nitrogens with one attached hydrogen (secondary N) is 2. The lowest BCUT2D eigenvalue weighted by Gasteiger charge is -2.18. The monoisotopic (exact) mass is 480 g/mol. The molecule has 34 heavy (non-hydrogen) atoms. The van der Waals surface area contributed by atoms with Gasteiger partial charge in [-0.15, -0.1) is 11.8 Å². The van der Waals surface area contributed by atoms with Crippen LogP contribution in [-0.4, -0.2) is 37.9 Å². The van der Waals surface area contributed by atoms with Crippen LogP contribution in [-0.2, 0) is 4.79 Å². The largest absolute Gasteiger partial charge is 0.496 e. The van der Waals surface area contributed by atoms with Crippen LogP contribution in [0.4, 0.5) is 11.4 Å². The quantitative estimate of drug-likeness (QED) is 0.354. The maximum atomic E-state index is 12.7. The Balaban J connectivity index is 1.79. The van der Waals surface area contributed by atoms with Gasteiger partial charge in [-0.2, -0.15) is 0 Å². The fraction of sp³-hybridized carbons (Fsp3) is 0.231. The maximum Gasteiger partial charge on any atom is 0.255 e. The summed E-state index contributed by atoms with van der Waals surface area (Å²) >= 11 is 1.38. The van der Waals surface area contributed by atoms with E-state index in [4.69, 9.17) is 14.2 Å². The number of hydrogen-bond acceptors (Lipinski definition) is 6. The van der Waals surface area contributed by atoms with Crippen molar-refractivity contribution in [3.05, 3.63) is 72.3 Å². The van der Waals surface area contributed by atoms with Crippen molar-refractivity contribution in [3.8, 4) is 17.2 Å². The predicted octanol–water partition coefficient (Wildman–Crippen LogP) is 5.48. The summed E-state index contributed by atoms with van der Waals surface area (Å²) in [5.41, 5.74) is 1.45. The van der Waals surface area contributed by atoms with Gasteiger partial charge in [-0.1, -0.05) is 30.3 Å². The number of methoxy groups -OCH3 is 1. The van der Waals surface area contributed by atoms with Gasteiger partial charge >= 0.3 is 0 Å². The van der Waals surface area contributed by atoms with Crippen molar-refractivity contribution in [2.45, 2.75) is 18.7 Å². The van der Waals surface area contributed by atoms with Gasteiger partial charge in [0, 0.05) is 22.6 Å².